The molecule has 5 heteroatoms. The topological polar surface area (TPSA) is 39.2 Å². The summed E-state index contributed by atoms with van der Waals surface area (Å²) < 4.78 is 4.61. The number of aromatic nitrogens is 1. The van der Waals surface area contributed by atoms with Crippen molar-refractivity contribution in [2.24, 2.45) is 0 Å². The van der Waals surface area contributed by atoms with Gasteiger partial charge in [-0.25, -0.2) is 4.98 Å². The number of methoxy groups -OCH3 is 1. The molecule has 0 amide bonds. The van der Waals surface area contributed by atoms with E-state index in [0.29, 0.717) is 11.6 Å². The van der Waals surface area contributed by atoms with Gasteiger partial charge in [0, 0.05) is 17.2 Å². The van der Waals surface area contributed by atoms with Gasteiger partial charge in [0.1, 0.15) is 5.15 Å². The standard InChI is InChI=1S/C11H14ClNO2S/c1-8(5-11(14)15-2)16-7-9-3-4-13-10(12)6-9/h3-4,6,8H,5,7H2,1-2H3. The van der Waals surface area contributed by atoms with Gasteiger partial charge in [0.2, 0.25) is 0 Å². The van der Waals surface area contributed by atoms with Crippen LogP contribution in [0.25, 0.3) is 0 Å². The monoisotopic (exact) mass is 259 g/mol. The molecule has 0 radical (unpaired) electrons. The molecule has 1 aromatic rings. The second kappa shape index (κ2) is 6.76. The van der Waals surface area contributed by atoms with Gasteiger partial charge in [-0.15, -0.1) is 0 Å². The molecule has 0 saturated carbocycles. The Labute approximate surface area is 105 Å². The maximum Gasteiger partial charge on any atom is 0.306 e. The van der Waals surface area contributed by atoms with Gasteiger partial charge in [0.05, 0.1) is 13.5 Å². The lowest BCUT2D eigenvalue weighted by Crippen LogP contribution is -2.08. The molecule has 1 atom stereocenters. The first-order chi connectivity index (χ1) is 7.61. The molecule has 0 saturated heterocycles. The van der Waals surface area contributed by atoms with Crippen LogP contribution < -0.4 is 0 Å². The Balaban J connectivity index is 2.37. The average Bonchev–Trinajstić information content (AvgIpc) is 2.26. The van der Waals surface area contributed by atoms with Gasteiger partial charge in [-0.1, -0.05) is 18.5 Å². The van der Waals surface area contributed by atoms with Crippen molar-refractivity contribution >= 4 is 29.3 Å². The molecule has 0 aromatic carbocycles. The number of hydrogen-bond acceptors (Lipinski definition) is 4. The highest BCUT2D eigenvalue weighted by atomic mass is 35.5. The van der Waals surface area contributed by atoms with E-state index in [1.165, 1.54) is 7.11 Å². The zero-order valence-corrected chi connectivity index (χ0v) is 10.8. The SMILES string of the molecule is COC(=O)CC(C)SCc1ccnc(Cl)c1. The number of rotatable bonds is 5. The minimum absolute atomic E-state index is 0.173. The minimum atomic E-state index is -0.173. The Morgan fingerprint density at radius 2 is 2.44 bits per heavy atom. The number of esters is 1. The average molecular weight is 260 g/mol. The van der Waals surface area contributed by atoms with E-state index in [9.17, 15) is 4.79 Å². The molecule has 0 aliphatic heterocycles. The molecule has 0 N–H and O–H groups in total. The van der Waals surface area contributed by atoms with Gasteiger partial charge in [-0.05, 0) is 17.7 Å². The van der Waals surface area contributed by atoms with E-state index in [1.807, 2.05) is 19.1 Å². The van der Waals surface area contributed by atoms with Crippen LogP contribution >= 0.6 is 23.4 Å². The van der Waals surface area contributed by atoms with Gasteiger partial charge >= 0.3 is 5.97 Å². The van der Waals surface area contributed by atoms with Crippen molar-refractivity contribution in [3.05, 3.63) is 29.0 Å². The normalized spacial score (nSPS) is 12.2. The minimum Gasteiger partial charge on any atom is -0.469 e. The Kier molecular flexibility index (Phi) is 5.63. The fourth-order valence-corrected chi connectivity index (χ4v) is 2.25. The van der Waals surface area contributed by atoms with Gasteiger partial charge in [0.15, 0.2) is 0 Å². The zero-order valence-electron chi connectivity index (χ0n) is 9.27. The van der Waals surface area contributed by atoms with Crippen molar-refractivity contribution in [1.82, 2.24) is 4.98 Å². The number of carbonyl (C=O) groups is 1. The van der Waals surface area contributed by atoms with Crippen molar-refractivity contribution in [1.29, 1.82) is 0 Å². The molecule has 1 unspecified atom stereocenters. The number of thioether (sulfide) groups is 1. The molecule has 0 bridgehead atoms. The molecule has 16 heavy (non-hydrogen) atoms. The second-order valence-electron chi connectivity index (χ2n) is 3.39. The third kappa shape index (κ3) is 4.86. The van der Waals surface area contributed by atoms with E-state index in [0.717, 1.165) is 11.3 Å². The van der Waals surface area contributed by atoms with Crippen LogP contribution in [0.3, 0.4) is 0 Å². The van der Waals surface area contributed by atoms with E-state index in [2.05, 4.69) is 9.72 Å². The maximum atomic E-state index is 11.0. The van der Waals surface area contributed by atoms with Crippen molar-refractivity contribution < 1.29 is 9.53 Å². The summed E-state index contributed by atoms with van der Waals surface area (Å²) in [4.78, 5) is 14.9. The Morgan fingerprint density at radius 3 is 3.06 bits per heavy atom. The molecule has 88 valence electrons. The smallest absolute Gasteiger partial charge is 0.306 e. The number of ether oxygens (including phenoxy) is 1. The van der Waals surface area contributed by atoms with Crippen LogP contribution in [-0.4, -0.2) is 23.3 Å². The van der Waals surface area contributed by atoms with Crippen LogP contribution in [0.1, 0.15) is 18.9 Å². The van der Waals surface area contributed by atoms with E-state index in [1.54, 1.807) is 18.0 Å². The van der Waals surface area contributed by atoms with Gasteiger partial charge < -0.3 is 4.74 Å². The lowest BCUT2D eigenvalue weighted by molar-refractivity contribution is -0.140. The van der Waals surface area contributed by atoms with Crippen molar-refractivity contribution in [3.63, 3.8) is 0 Å². The van der Waals surface area contributed by atoms with Crippen LogP contribution in [0, 0.1) is 0 Å². The number of hydrogen-bond donors (Lipinski definition) is 0. The van der Waals surface area contributed by atoms with Crippen molar-refractivity contribution in [3.8, 4) is 0 Å². The van der Waals surface area contributed by atoms with Gasteiger partial charge in [0.25, 0.3) is 0 Å². The highest BCUT2D eigenvalue weighted by Crippen LogP contribution is 2.21. The lowest BCUT2D eigenvalue weighted by Gasteiger charge is -2.09. The molecular formula is C11H14ClNO2S. The van der Waals surface area contributed by atoms with E-state index >= 15 is 0 Å². The third-order valence-electron chi connectivity index (χ3n) is 2.01. The zero-order chi connectivity index (χ0) is 12.0. The summed E-state index contributed by atoms with van der Waals surface area (Å²) in [6.45, 7) is 2.00. The molecule has 0 aliphatic carbocycles. The molecule has 1 heterocycles. The summed E-state index contributed by atoms with van der Waals surface area (Å²) in [7, 11) is 1.41. The number of halogens is 1. The summed E-state index contributed by atoms with van der Waals surface area (Å²) in [5.74, 6) is 0.646. The number of pyridine rings is 1. The predicted molar refractivity (Wildman–Crippen MR) is 66.6 cm³/mol. The first-order valence-electron chi connectivity index (χ1n) is 4.90. The highest BCUT2D eigenvalue weighted by Gasteiger charge is 2.09. The molecule has 1 aromatic heterocycles. The summed E-state index contributed by atoms with van der Waals surface area (Å²) in [5.41, 5.74) is 1.11. The number of carbonyl (C=O) groups excluding carboxylic acids is 1. The quantitative estimate of drug-likeness (QED) is 0.602. The van der Waals surface area contributed by atoms with Crippen molar-refractivity contribution in [2.45, 2.75) is 24.3 Å². The Bertz CT molecular complexity index is 360. The number of nitrogens with zero attached hydrogens (tertiary/aromatic N) is 1. The van der Waals surface area contributed by atoms with E-state index in [-0.39, 0.29) is 11.2 Å². The largest absolute Gasteiger partial charge is 0.469 e. The summed E-state index contributed by atoms with van der Waals surface area (Å²) in [6.07, 6.45) is 2.11. The predicted octanol–water partition coefficient (Wildman–Crippen LogP) is 2.92. The van der Waals surface area contributed by atoms with Crippen LogP contribution in [0.4, 0.5) is 0 Å². The van der Waals surface area contributed by atoms with Crippen LogP contribution in [-0.2, 0) is 15.3 Å². The third-order valence-corrected chi connectivity index (χ3v) is 3.45. The van der Waals surface area contributed by atoms with Gasteiger partial charge in [-0.3, -0.25) is 4.79 Å². The summed E-state index contributed by atoms with van der Waals surface area (Å²) >= 11 is 7.47. The second-order valence-corrected chi connectivity index (χ2v) is 5.20. The van der Waals surface area contributed by atoms with Crippen LogP contribution in [0.5, 0.6) is 0 Å². The fraction of sp³-hybridized carbons (Fsp3) is 0.455. The maximum absolute atomic E-state index is 11.0. The van der Waals surface area contributed by atoms with E-state index in [4.69, 9.17) is 11.6 Å². The molecule has 0 aliphatic rings. The van der Waals surface area contributed by atoms with Crippen LogP contribution in [0.15, 0.2) is 18.3 Å². The fourth-order valence-electron chi connectivity index (χ4n) is 1.15. The van der Waals surface area contributed by atoms with Crippen molar-refractivity contribution in [2.75, 3.05) is 7.11 Å². The van der Waals surface area contributed by atoms with Crippen LogP contribution in [0.2, 0.25) is 5.15 Å². The molecule has 1 rings (SSSR count). The molecule has 0 fully saturated rings. The first-order valence-corrected chi connectivity index (χ1v) is 6.33. The molecule has 0 spiro atoms. The highest BCUT2D eigenvalue weighted by molar-refractivity contribution is 7.99. The molecule has 3 nitrogen and oxygen atoms in total. The Hall–Kier alpha value is -0.740. The summed E-state index contributed by atoms with van der Waals surface area (Å²) in [5, 5.41) is 0.734. The van der Waals surface area contributed by atoms with E-state index < -0.39 is 0 Å². The summed E-state index contributed by atoms with van der Waals surface area (Å²) in [6, 6.07) is 3.75. The first kappa shape index (κ1) is 13.3. The lowest BCUT2D eigenvalue weighted by atomic mass is 10.3. The Morgan fingerprint density at radius 1 is 1.69 bits per heavy atom. The van der Waals surface area contributed by atoms with Gasteiger partial charge in [-0.2, -0.15) is 11.8 Å². The molecular weight excluding hydrogens is 246 g/mol.